The maximum absolute atomic E-state index is 10.2. The van der Waals surface area contributed by atoms with E-state index in [1.807, 2.05) is 0 Å². The predicted octanol–water partition coefficient (Wildman–Crippen LogP) is 2.36. The molecule has 0 unspecified atom stereocenters. The van der Waals surface area contributed by atoms with E-state index >= 15 is 0 Å². The summed E-state index contributed by atoms with van der Waals surface area (Å²) in [6, 6.07) is 8.34. The first kappa shape index (κ1) is 8.28. The third-order valence-electron chi connectivity index (χ3n) is 1.73. The van der Waals surface area contributed by atoms with Crippen LogP contribution in [-0.4, -0.2) is 6.61 Å². The van der Waals surface area contributed by atoms with Gasteiger partial charge in [0, 0.05) is 0 Å². The topological polar surface area (TPSA) is 19.9 Å². The average Bonchev–Trinajstić information content (AvgIpc) is 2.04. The molecule has 0 saturated carbocycles. The van der Waals surface area contributed by atoms with Crippen molar-refractivity contribution < 1.29 is 5.11 Å². The van der Waals surface area contributed by atoms with Crippen LogP contribution in [0.2, 0.25) is 0 Å². The van der Waals surface area contributed by atoms with E-state index in [4.69, 9.17) is 0 Å². The maximum Gasteiger partial charge on any atom is 0.0825 e. The van der Waals surface area contributed by atoms with Crippen molar-refractivity contribution in [3.8, 4) is 0 Å². The van der Waals surface area contributed by atoms with Gasteiger partial charge in [0.1, 0.15) is 0 Å². The summed E-state index contributed by atoms with van der Waals surface area (Å²) < 4.78 is 0. The highest BCUT2D eigenvalue weighted by molar-refractivity contribution is 5.21. The van der Waals surface area contributed by atoms with Gasteiger partial charge in [-0.25, -0.2) is 5.11 Å². The molecule has 1 nitrogen and oxygen atoms in total. The molecule has 0 bridgehead atoms. The van der Waals surface area contributed by atoms with Crippen LogP contribution in [0.1, 0.15) is 17.5 Å². The molecule has 1 aromatic rings. The highest BCUT2D eigenvalue weighted by Gasteiger charge is 1.91. The fraction of sp³-hybridized carbons (Fsp3) is 0.400. The number of hydrogen-bond donors (Lipinski definition) is 0. The monoisotopic (exact) mass is 149 g/mol. The van der Waals surface area contributed by atoms with Crippen molar-refractivity contribution in [2.24, 2.45) is 0 Å². The summed E-state index contributed by atoms with van der Waals surface area (Å²) in [5, 5.41) is 10.2. The van der Waals surface area contributed by atoms with Crippen molar-refractivity contribution >= 4 is 0 Å². The van der Waals surface area contributed by atoms with Crippen LogP contribution in [-0.2, 0) is 11.5 Å². The van der Waals surface area contributed by atoms with E-state index in [0.717, 1.165) is 12.8 Å². The highest BCUT2D eigenvalue weighted by atomic mass is 16.2. The zero-order valence-electron chi connectivity index (χ0n) is 6.84. The molecule has 1 heteroatoms. The van der Waals surface area contributed by atoms with Gasteiger partial charge in [0.15, 0.2) is 0 Å². The van der Waals surface area contributed by atoms with Crippen LogP contribution in [0.3, 0.4) is 0 Å². The van der Waals surface area contributed by atoms with Crippen LogP contribution in [0.5, 0.6) is 0 Å². The molecule has 1 radical (unpaired) electrons. The Kier molecular flexibility index (Phi) is 3.12. The van der Waals surface area contributed by atoms with Crippen LogP contribution in [0, 0.1) is 6.92 Å². The fourth-order valence-electron chi connectivity index (χ4n) is 1.03. The Balaban J connectivity index is 2.52. The minimum absolute atomic E-state index is 0.0356. The summed E-state index contributed by atoms with van der Waals surface area (Å²) in [5.41, 5.74) is 2.54. The quantitative estimate of drug-likeness (QED) is 0.628. The first-order valence-corrected chi connectivity index (χ1v) is 3.96. The zero-order valence-corrected chi connectivity index (χ0v) is 6.84. The Bertz CT molecular complexity index is 201. The molecule has 59 valence electrons. The summed E-state index contributed by atoms with van der Waals surface area (Å²) >= 11 is 0. The Morgan fingerprint density at radius 1 is 1.18 bits per heavy atom. The Labute approximate surface area is 67.7 Å². The van der Waals surface area contributed by atoms with Gasteiger partial charge in [0.25, 0.3) is 0 Å². The van der Waals surface area contributed by atoms with Crippen LogP contribution in [0.25, 0.3) is 0 Å². The number of rotatable bonds is 3. The minimum Gasteiger partial charge on any atom is -0.237 e. The molecule has 1 rings (SSSR count). The minimum atomic E-state index is 0.0356. The molecule has 1 aromatic carbocycles. The van der Waals surface area contributed by atoms with Gasteiger partial charge in [-0.3, -0.25) is 0 Å². The second-order valence-electron chi connectivity index (χ2n) is 2.79. The third kappa shape index (κ3) is 2.72. The Hall–Kier alpha value is -0.820. The van der Waals surface area contributed by atoms with Crippen LogP contribution in [0.15, 0.2) is 24.3 Å². The molecular formula is C10H13O. The molecule has 0 saturated heterocycles. The van der Waals surface area contributed by atoms with Crippen molar-refractivity contribution in [3.05, 3.63) is 35.4 Å². The normalized spacial score (nSPS) is 10.0. The molecule has 0 aliphatic heterocycles. The molecule has 0 fully saturated rings. The fourth-order valence-corrected chi connectivity index (χ4v) is 1.03. The standard InChI is InChI=1S/C10H13O/c1-9-4-6-10(7-5-9)3-2-8-11/h4-7H,2-3,8H2,1H3. The summed E-state index contributed by atoms with van der Waals surface area (Å²) in [6.45, 7) is 2.10. The largest absolute Gasteiger partial charge is 0.237 e. The van der Waals surface area contributed by atoms with Gasteiger partial charge in [-0.15, -0.1) is 0 Å². The van der Waals surface area contributed by atoms with Gasteiger partial charge >= 0.3 is 0 Å². The highest BCUT2D eigenvalue weighted by Crippen LogP contribution is 2.04. The van der Waals surface area contributed by atoms with Gasteiger partial charge in [-0.2, -0.15) is 0 Å². The van der Waals surface area contributed by atoms with E-state index in [-0.39, 0.29) is 6.61 Å². The lowest BCUT2D eigenvalue weighted by Gasteiger charge is -1.98. The molecule has 0 N–H and O–H groups in total. The lowest BCUT2D eigenvalue weighted by Crippen LogP contribution is -1.87. The van der Waals surface area contributed by atoms with Crippen molar-refractivity contribution in [3.63, 3.8) is 0 Å². The number of hydrogen-bond acceptors (Lipinski definition) is 0. The average molecular weight is 149 g/mol. The van der Waals surface area contributed by atoms with E-state index in [1.165, 1.54) is 11.1 Å². The molecule has 0 heterocycles. The molecule has 0 amide bonds. The Morgan fingerprint density at radius 3 is 2.36 bits per heavy atom. The molecule has 0 aromatic heterocycles. The zero-order chi connectivity index (χ0) is 8.10. The lowest BCUT2D eigenvalue weighted by molar-refractivity contribution is 0.189. The molecular weight excluding hydrogens is 136 g/mol. The smallest absolute Gasteiger partial charge is 0.0825 e. The van der Waals surface area contributed by atoms with Gasteiger partial charge in [0.05, 0.1) is 6.61 Å². The molecule has 0 aliphatic rings. The summed E-state index contributed by atoms with van der Waals surface area (Å²) in [6.07, 6.45) is 1.67. The Morgan fingerprint density at radius 2 is 1.82 bits per heavy atom. The molecule has 0 atom stereocenters. The molecule has 0 aliphatic carbocycles. The summed E-state index contributed by atoms with van der Waals surface area (Å²) in [5.74, 6) is 0. The van der Waals surface area contributed by atoms with Crippen LogP contribution in [0.4, 0.5) is 0 Å². The van der Waals surface area contributed by atoms with Crippen molar-refractivity contribution in [2.75, 3.05) is 6.61 Å². The number of aryl methyl sites for hydroxylation is 2. The van der Waals surface area contributed by atoms with E-state index < -0.39 is 0 Å². The van der Waals surface area contributed by atoms with E-state index in [1.54, 1.807) is 0 Å². The maximum atomic E-state index is 10.2. The van der Waals surface area contributed by atoms with Gasteiger partial charge in [-0.1, -0.05) is 29.8 Å². The second-order valence-corrected chi connectivity index (χ2v) is 2.79. The number of benzene rings is 1. The summed E-state index contributed by atoms with van der Waals surface area (Å²) in [7, 11) is 0. The van der Waals surface area contributed by atoms with E-state index in [0.29, 0.717) is 0 Å². The predicted molar refractivity (Wildman–Crippen MR) is 45.1 cm³/mol. The van der Waals surface area contributed by atoms with Crippen molar-refractivity contribution in [1.29, 1.82) is 0 Å². The van der Waals surface area contributed by atoms with Crippen molar-refractivity contribution in [2.45, 2.75) is 19.8 Å². The van der Waals surface area contributed by atoms with Crippen LogP contribution >= 0.6 is 0 Å². The summed E-state index contributed by atoms with van der Waals surface area (Å²) in [4.78, 5) is 0. The SMILES string of the molecule is Cc1ccc(CCC[O])cc1. The third-order valence-corrected chi connectivity index (χ3v) is 1.73. The van der Waals surface area contributed by atoms with Crippen LogP contribution < -0.4 is 0 Å². The van der Waals surface area contributed by atoms with E-state index in [2.05, 4.69) is 31.2 Å². The molecule has 11 heavy (non-hydrogen) atoms. The first-order valence-electron chi connectivity index (χ1n) is 3.96. The second kappa shape index (κ2) is 4.14. The van der Waals surface area contributed by atoms with Gasteiger partial charge < -0.3 is 0 Å². The van der Waals surface area contributed by atoms with E-state index in [9.17, 15) is 5.11 Å². The first-order chi connectivity index (χ1) is 5.33. The molecule has 0 spiro atoms. The lowest BCUT2D eigenvalue weighted by atomic mass is 10.1. The van der Waals surface area contributed by atoms with Crippen molar-refractivity contribution in [1.82, 2.24) is 0 Å². The van der Waals surface area contributed by atoms with Gasteiger partial charge in [-0.05, 0) is 25.3 Å². The van der Waals surface area contributed by atoms with Gasteiger partial charge in [0.2, 0.25) is 0 Å².